The second kappa shape index (κ2) is 4.57. The van der Waals surface area contributed by atoms with Gasteiger partial charge < -0.3 is 10.5 Å². The van der Waals surface area contributed by atoms with Crippen LogP contribution < -0.4 is 10.5 Å². The van der Waals surface area contributed by atoms with Gasteiger partial charge in [0.2, 0.25) is 5.88 Å². The SMILES string of the molecule is Cc1cnc(Oc2ccc3cccnc3c2)c(N)c1. The number of pyridine rings is 2. The summed E-state index contributed by atoms with van der Waals surface area (Å²) in [5.41, 5.74) is 8.29. The Balaban J connectivity index is 1.96. The molecule has 0 aliphatic rings. The van der Waals surface area contributed by atoms with Crippen LogP contribution in [0, 0.1) is 6.92 Å². The molecule has 0 aliphatic heterocycles. The lowest BCUT2D eigenvalue weighted by Gasteiger charge is -2.08. The van der Waals surface area contributed by atoms with Gasteiger partial charge in [-0.15, -0.1) is 0 Å². The number of hydrogen-bond acceptors (Lipinski definition) is 4. The first kappa shape index (κ1) is 11.5. The molecule has 3 aromatic rings. The van der Waals surface area contributed by atoms with Gasteiger partial charge in [0.15, 0.2) is 0 Å². The number of nitrogen functional groups attached to an aromatic ring is 1. The van der Waals surface area contributed by atoms with Crippen molar-refractivity contribution >= 4 is 16.6 Å². The first-order valence-corrected chi connectivity index (χ1v) is 5.97. The standard InChI is InChI=1S/C15H13N3O/c1-10-7-13(16)15(18-9-10)19-12-5-4-11-3-2-6-17-14(11)8-12/h2-9H,16H2,1H3. The number of nitrogens with two attached hydrogens (primary N) is 1. The summed E-state index contributed by atoms with van der Waals surface area (Å²) in [6, 6.07) is 11.5. The Hall–Kier alpha value is -2.62. The fraction of sp³-hybridized carbons (Fsp3) is 0.0667. The number of aromatic nitrogens is 2. The van der Waals surface area contributed by atoms with Crippen molar-refractivity contribution in [3.05, 3.63) is 54.4 Å². The first-order valence-electron chi connectivity index (χ1n) is 5.97. The van der Waals surface area contributed by atoms with Crippen LogP contribution >= 0.6 is 0 Å². The number of rotatable bonds is 2. The highest BCUT2D eigenvalue weighted by molar-refractivity contribution is 5.79. The van der Waals surface area contributed by atoms with Gasteiger partial charge in [-0.3, -0.25) is 4.98 Å². The summed E-state index contributed by atoms with van der Waals surface area (Å²) in [5.74, 6) is 1.09. The van der Waals surface area contributed by atoms with Gasteiger partial charge >= 0.3 is 0 Å². The number of nitrogens with zero attached hydrogens (tertiary/aromatic N) is 2. The molecule has 0 saturated carbocycles. The van der Waals surface area contributed by atoms with E-state index in [2.05, 4.69) is 9.97 Å². The third-order valence-electron chi connectivity index (χ3n) is 2.81. The highest BCUT2D eigenvalue weighted by Crippen LogP contribution is 2.27. The summed E-state index contributed by atoms with van der Waals surface area (Å²) in [6.07, 6.45) is 3.48. The molecule has 3 rings (SSSR count). The molecule has 0 saturated heterocycles. The number of ether oxygens (including phenoxy) is 1. The molecule has 94 valence electrons. The highest BCUT2D eigenvalue weighted by Gasteiger charge is 2.05. The first-order chi connectivity index (χ1) is 9.22. The lowest BCUT2D eigenvalue weighted by Crippen LogP contribution is -1.95. The zero-order chi connectivity index (χ0) is 13.2. The molecule has 2 N–H and O–H groups in total. The van der Waals surface area contributed by atoms with Gasteiger partial charge in [0, 0.05) is 23.8 Å². The molecule has 0 bridgehead atoms. The molecule has 0 atom stereocenters. The zero-order valence-electron chi connectivity index (χ0n) is 10.5. The van der Waals surface area contributed by atoms with E-state index in [1.165, 1.54) is 0 Å². The van der Waals surface area contributed by atoms with Gasteiger partial charge in [-0.25, -0.2) is 4.98 Å². The molecule has 0 amide bonds. The molecular weight excluding hydrogens is 238 g/mol. The van der Waals surface area contributed by atoms with E-state index in [1.54, 1.807) is 12.4 Å². The average molecular weight is 251 g/mol. The predicted molar refractivity (Wildman–Crippen MR) is 75.2 cm³/mol. The Labute approximate surface area is 110 Å². The largest absolute Gasteiger partial charge is 0.437 e. The van der Waals surface area contributed by atoms with E-state index in [1.807, 2.05) is 43.3 Å². The second-order valence-corrected chi connectivity index (χ2v) is 4.37. The van der Waals surface area contributed by atoms with Crippen LogP contribution in [0.2, 0.25) is 0 Å². The Bertz CT molecular complexity index is 740. The Morgan fingerprint density at radius 3 is 2.84 bits per heavy atom. The van der Waals surface area contributed by atoms with E-state index in [0.29, 0.717) is 17.3 Å². The van der Waals surface area contributed by atoms with Gasteiger partial charge in [0.25, 0.3) is 0 Å². The average Bonchev–Trinajstić information content (AvgIpc) is 2.42. The molecule has 0 unspecified atom stereocenters. The quantitative estimate of drug-likeness (QED) is 0.759. The van der Waals surface area contributed by atoms with Gasteiger partial charge in [0.05, 0.1) is 11.2 Å². The van der Waals surface area contributed by atoms with Gasteiger partial charge in [-0.1, -0.05) is 6.07 Å². The summed E-state index contributed by atoms with van der Waals surface area (Å²) in [4.78, 5) is 8.47. The van der Waals surface area contributed by atoms with Crippen LogP contribution in [0.4, 0.5) is 5.69 Å². The van der Waals surface area contributed by atoms with Crippen LogP contribution in [0.1, 0.15) is 5.56 Å². The summed E-state index contributed by atoms with van der Waals surface area (Å²) < 4.78 is 5.70. The van der Waals surface area contributed by atoms with Gasteiger partial charge in [0.1, 0.15) is 5.75 Å². The number of fused-ring (bicyclic) bond motifs is 1. The topological polar surface area (TPSA) is 61.0 Å². The normalized spacial score (nSPS) is 10.6. The predicted octanol–water partition coefficient (Wildman–Crippen LogP) is 3.31. The van der Waals surface area contributed by atoms with E-state index < -0.39 is 0 Å². The number of anilines is 1. The molecule has 2 heterocycles. The maximum atomic E-state index is 5.88. The van der Waals surface area contributed by atoms with E-state index in [-0.39, 0.29) is 0 Å². The monoisotopic (exact) mass is 251 g/mol. The fourth-order valence-corrected chi connectivity index (χ4v) is 1.89. The van der Waals surface area contributed by atoms with E-state index in [9.17, 15) is 0 Å². The molecular formula is C15H13N3O. The third kappa shape index (κ3) is 2.33. The minimum Gasteiger partial charge on any atom is -0.437 e. The maximum Gasteiger partial charge on any atom is 0.242 e. The van der Waals surface area contributed by atoms with Crippen LogP contribution in [0.25, 0.3) is 10.9 Å². The smallest absolute Gasteiger partial charge is 0.242 e. The van der Waals surface area contributed by atoms with Crippen molar-refractivity contribution in [1.82, 2.24) is 9.97 Å². The molecule has 0 radical (unpaired) electrons. The molecule has 0 spiro atoms. The molecule has 4 heteroatoms. The van der Waals surface area contributed by atoms with Crippen LogP contribution in [-0.4, -0.2) is 9.97 Å². The van der Waals surface area contributed by atoms with E-state index in [0.717, 1.165) is 16.5 Å². The molecule has 19 heavy (non-hydrogen) atoms. The Morgan fingerprint density at radius 1 is 1.11 bits per heavy atom. The molecule has 0 aliphatic carbocycles. The summed E-state index contributed by atoms with van der Waals surface area (Å²) in [5, 5.41) is 1.07. The van der Waals surface area contributed by atoms with Crippen molar-refractivity contribution in [3.8, 4) is 11.6 Å². The second-order valence-electron chi connectivity index (χ2n) is 4.37. The maximum absolute atomic E-state index is 5.88. The minimum atomic E-state index is 0.417. The summed E-state index contributed by atoms with van der Waals surface area (Å²) >= 11 is 0. The van der Waals surface area contributed by atoms with Crippen molar-refractivity contribution in [2.75, 3.05) is 5.73 Å². The fourth-order valence-electron chi connectivity index (χ4n) is 1.89. The van der Waals surface area contributed by atoms with Crippen molar-refractivity contribution in [3.63, 3.8) is 0 Å². The van der Waals surface area contributed by atoms with Crippen molar-refractivity contribution in [2.24, 2.45) is 0 Å². The van der Waals surface area contributed by atoms with Crippen molar-refractivity contribution in [1.29, 1.82) is 0 Å². The van der Waals surface area contributed by atoms with Gasteiger partial charge in [-0.2, -0.15) is 0 Å². The van der Waals surface area contributed by atoms with Crippen LogP contribution in [-0.2, 0) is 0 Å². The number of hydrogen-bond donors (Lipinski definition) is 1. The van der Waals surface area contributed by atoms with Crippen molar-refractivity contribution in [2.45, 2.75) is 6.92 Å². The highest BCUT2D eigenvalue weighted by atomic mass is 16.5. The van der Waals surface area contributed by atoms with Crippen LogP contribution in [0.3, 0.4) is 0 Å². The number of benzene rings is 1. The summed E-state index contributed by atoms with van der Waals surface area (Å²) in [6.45, 7) is 1.94. The molecule has 4 nitrogen and oxygen atoms in total. The lowest BCUT2D eigenvalue weighted by atomic mass is 10.2. The van der Waals surface area contributed by atoms with E-state index >= 15 is 0 Å². The van der Waals surface area contributed by atoms with E-state index in [4.69, 9.17) is 10.5 Å². The lowest BCUT2D eigenvalue weighted by molar-refractivity contribution is 0.466. The molecule has 0 fully saturated rings. The van der Waals surface area contributed by atoms with Gasteiger partial charge in [-0.05, 0) is 36.8 Å². The molecule has 1 aromatic carbocycles. The Morgan fingerprint density at radius 2 is 2.00 bits per heavy atom. The number of aryl methyl sites for hydroxylation is 1. The van der Waals surface area contributed by atoms with Crippen LogP contribution in [0.15, 0.2) is 48.8 Å². The van der Waals surface area contributed by atoms with Crippen LogP contribution in [0.5, 0.6) is 11.6 Å². The third-order valence-corrected chi connectivity index (χ3v) is 2.81. The summed E-state index contributed by atoms with van der Waals surface area (Å²) in [7, 11) is 0. The minimum absolute atomic E-state index is 0.417. The molecule has 2 aromatic heterocycles. The Kier molecular flexibility index (Phi) is 2.76. The van der Waals surface area contributed by atoms with Crippen molar-refractivity contribution < 1.29 is 4.74 Å². The zero-order valence-corrected chi connectivity index (χ0v) is 10.5.